The van der Waals surface area contributed by atoms with Crippen LogP contribution in [0.25, 0.3) is 0 Å². The first-order valence-corrected chi connectivity index (χ1v) is 9.39. The Labute approximate surface area is 153 Å². The van der Waals surface area contributed by atoms with Gasteiger partial charge >= 0.3 is 18.0 Å². The van der Waals surface area contributed by atoms with Crippen molar-refractivity contribution in [2.24, 2.45) is 23.7 Å². The summed E-state index contributed by atoms with van der Waals surface area (Å²) in [5.41, 5.74) is 0. The molecule has 1 aliphatic heterocycles. The zero-order valence-corrected chi connectivity index (χ0v) is 15.9. The van der Waals surface area contributed by atoms with Crippen molar-refractivity contribution in [2.75, 3.05) is 6.61 Å². The molecule has 0 aromatic heterocycles. The molecule has 0 spiro atoms. The SMILES string of the molecule is CCOC(=O)C([C@@H]1CC(=O)O[C@H]1O[C@H]1C[C@@H](C)CC[C@@H]1C(C)C)[N+](=O)[O-]. The molecule has 0 N–H and O–H groups in total. The van der Waals surface area contributed by atoms with Crippen LogP contribution in [-0.4, -0.2) is 41.9 Å². The van der Waals surface area contributed by atoms with Crippen molar-refractivity contribution >= 4 is 11.9 Å². The van der Waals surface area contributed by atoms with Crippen LogP contribution in [0.2, 0.25) is 0 Å². The molecule has 0 bridgehead atoms. The molecule has 8 heteroatoms. The Hall–Kier alpha value is -1.70. The number of carbonyl (C=O) groups excluding carboxylic acids is 2. The Morgan fingerprint density at radius 3 is 2.62 bits per heavy atom. The second-order valence-electron chi connectivity index (χ2n) is 7.71. The van der Waals surface area contributed by atoms with E-state index in [1.807, 2.05) is 0 Å². The van der Waals surface area contributed by atoms with Crippen LogP contribution in [0.1, 0.15) is 53.4 Å². The zero-order valence-electron chi connectivity index (χ0n) is 15.9. The van der Waals surface area contributed by atoms with E-state index in [-0.39, 0.29) is 19.1 Å². The van der Waals surface area contributed by atoms with E-state index in [9.17, 15) is 19.7 Å². The largest absolute Gasteiger partial charge is 0.461 e. The van der Waals surface area contributed by atoms with Gasteiger partial charge in [-0.15, -0.1) is 0 Å². The molecule has 26 heavy (non-hydrogen) atoms. The topological polar surface area (TPSA) is 105 Å². The number of carbonyl (C=O) groups is 2. The van der Waals surface area contributed by atoms with Gasteiger partial charge in [-0.05, 0) is 37.5 Å². The fourth-order valence-corrected chi connectivity index (χ4v) is 4.03. The Morgan fingerprint density at radius 2 is 2.04 bits per heavy atom. The molecule has 1 saturated heterocycles. The van der Waals surface area contributed by atoms with E-state index >= 15 is 0 Å². The molecule has 1 heterocycles. The molecule has 1 saturated carbocycles. The van der Waals surface area contributed by atoms with Crippen LogP contribution in [0.3, 0.4) is 0 Å². The lowest BCUT2D eigenvalue weighted by molar-refractivity contribution is -0.523. The molecule has 8 nitrogen and oxygen atoms in total. The fourth-order valence-electron chi connectivity index (χ4n) is 4.03. The van der Waals surface area contributed by atoms with Crippen LogP contribution in [0, 0.1) is 33.8 Å². The van der Waals surface area contributed by atoms with Crippen molar-refractivity contribution in [3.05, 3.63) is 10.1 Å². The highest BCUT2D eigenvalue weighted by atomic mass is 16.7. The molecule has 0 amide bonds. The zero-order chi connectivity index (χ0) is 19.4. The number of nitro groups is 1. The van der Waals surface area contributed by atoms with Crippen LogP contribution >= 0.6 is 0 Å². The van der Waals surface area contributed by atoms with Gasteiger partial charge in [0.2, 0.25) is 6.29 Å². The van der Waals surface area contributed by atoms with Crippen LogP contribution in [0.4, 0.5) is 0 Å². The molecule has 1 aliphatic carbocycles. The Balaban J connectivity index is 2.18. The maximum atomic E-state index is 12.1. The third kappa shape index (κ3) is 4.72. The van der Waals surface area contributed by atoms with Gasteiger partial charge in [0.15, 0.2) is 0 Å². The van der Waals surface area contributed by atoms with Crippen molar-refractivity contribution in [1.82, 2.24) is 0 Å². The number of cyclic esters (lactones) is 1. The summed E-state index contributed by atoms with van der Waals surface area (Å²) in [5.74, 6) is -1.35. The van der Waals surface area contributed by atoms with Gasteiger partial charge in [-0.3, -0.25) is 14.9 Å². The normalized spacial score (nSPS) is 33.0. The van der Waals surface area contributed by atoms with Gasteiger partial charge < -0.3 is 14.2 Å². The lowest BCUT2D eigenvalue weighted by Crippen LogP contribution is -2.45. The van der Waals surface area contributed by atoms with Crippen LogP contribution in [0.5, 0.6) is 0 Å². The molecule has 2 rings (SSSR count). The van der Waals surface area contributed by atoms with Crippen LogP contribution in [0.15, 0.2) is 0 Å². The first-order valence-electron chi connectivity index (χ1n) is 9.39. The summed E-state index contributed by atoms with van der Waals surface area (Å²) >= 11 is 0. The van der Waals surface area contributed by atoms with Gasteiger partial charge in [0.1, 0.15) is 5.92 Å². The fraction of sp³-hybridized carbons (Fsp3) is 0.889. The summed E-state index contributed by atoms with van der Waals surface area (Å²) in [6, 6.07) is -1.66. The second-order valence-corrected chi connectivity index (χ2v) is 7.71. The summed E-state index contributed by atoms with van der Waals surface area (Å²) in [5, 5.41) is 11.5. The predicted molar refractivity (Wildman–Crippen MR) is 91.6 cm³/mol. The molecule has 0 aromatic carbocycles. The van der Waals surface area contributed by atoms with E-state index in [0.717, 1.165) is 19.3 Å². The minimum Gasteiger partial charge on any atom is -0.461 e. The molecule has 148 valence electrons. The summed E-state index contributed by atoms with van der Waals surface area (Å²) in [6.45, 7) is 7.99. The minimum absolute atomic E-state index is 0.0335. The number of hydrogen-bond acceptors (Lipinski definition) is 7. The van der Waals surface area contributed by atoms with E-state index < -0.39 is 35.1 Å². The summed E-state index contributed by atoms with van der Waals surface area (Å²) in [7, 11) is 0. The third-order valence-corrected chi connectivity index (χ3v) is 5.43. The Bertz CT molecular complexity index is 536. The van der Waals surface area contributed by atoms with Gasteiger partial charge in [0.25, 0.3) is 0 Å². The van der Waals surface area contributed by atoms with Crippen LogP contribution < -0.4 is 0 Å². The molecular weight excluding hydrogens is 342 g/mol. The first kappa shape index (κ1) is 20.6. The monoisotopic (exact) mass is 371 g/mol. The lowest BCUT2D eigenvalue weighted by atomic mass is 9.75. The molecule has 1 unspecified atom stereocenters. The highest BCUT2D eigenvalue weighted by molar-refractivity contribution is 5.78. The smallest absolute Gasteiger partial charge is 0.382 e. The van der Waals surface area contributed by atoms with Crippen molar-refractivity contribution in [3.8, 4) is 0 Å². The van der Waals surface area contributed by atoms with Crippen molar-refractivity contribution in [1.29, 1.82) is 0 Å². The molecule has 2 fully saturated rings. The molecular formula is C18H29NO7. The summed E-state index contributed by atoms with van der Waals surface area (Å²) in [6.07, 6.45) is 1.48. The van der Waals surface area contributed by atoms with Crippen molar-refractivity contribution in [3.63, 3.8) is 0 Å². The summed E-state index contributed by atoms with van der Waals surface area (Å²) in [4.78, 5) is 34.6. The van der Waals surface area contributed by atoms with Crippen LogP contribution in [-0.2, 0) is 23.8 Å². The maximum absolute atomic E-state index is 12.1. The number of hydrogen-bond donors (Lipinski definition) is 0. The number of nitrogens with zero attached hydrogens (tertiary/aromatic N) is 1. The average Bonchev–Trinajstić information content (AvgIpc) is 2.87. The summed E-state index contributed by atoms with van der Waals surface area (Å²) < 4.78 is 16.1. The lowest BCUT2D eigenvalue weighted by Gasteiger charge is -2.38. The Morgan fingerprint density at radius 1 is 1.35 bits per heavy atom. The van der Waals surface area contributed by atoms with E-state index in [2.05, 4.69) is 20.8 Å². The third-order valence-electron chi connectivity index (χ3n) is 5.43. The van der Waals surface area contributed by atoms with Gasteiger partial charge in [-0.25, -0.2) is 4.79 Å². The van der Waals surface area contributed by atoms with Crippen molar-refractivity contribution in [2.45, 2.75) is 71.8 Å². The second kappa shape index (κ2) is 8.79. The highest BCUT2D eigenvalue weighted by Gasteiger charge is 2.52. The number of ether oxygens (including phenoxy) is 3. The quantitative estimate of drug-likeness (QED) is 0.385. The minimum atomic E-state index is -1.66. The highest BCUT2D eigenvalue weighted by Crippen LogP contribution is 2.38. The molecule has 6 atom stereocenters. The molecule has 0 aromatic rings. The van der Waals surface area contributed by atoms with E-state index in [1.165, 1.54) is 0 Å². The number of rotatable bonds is 7. The standard InChI is InChI=1S/C18H29NO7/c1-5-24-17(21)16(19(22)23)13-9-15(20)26-18(13)25-14-8-11(4)6-7-12(14)10(2)3/h10-14,16,18H,5-9H2,1-4H3/t11-,12+,13-,14-,16?,18+/m0/s1. The van der Waals surface area contributed by atoms with Gasteiger partial charge in [-0.1, -0.05) is 27.2 Å². The Kier molecular flexibility index (Phi) is 6.97. The van der Waals surface area contributed by atoms with Gasteiger partial charge in [0, 0.05) is 4.92 Å². The predicted octanol–water partition coefficient (Wildman–Crippen LogP) is 2.56. The maximum Gasteiger partial charge on any atom is 0.382 e. The van der Waals surface area contributed by atoms with E-state index in [1.54, 1.807) is 6.92 Å². The number of esters is 2. The first-order chi connectivity index (χ1) is 12.2. The average molecular weight is 371 g/mol. The van der Waals surface area contributed by atoms with Crippen molar-refractivity contribution < 1.29 is 28.7 Å². The van der Waals surface area contributed by atoms with E-state index in [4.69, 9.17) is 14.2 Å². The molecule has 0 radical (unpaired) electrons. The van der Waals surface area contributed by atoms with Gasteiger partial charge in [-0.2, -0.15) is 0 Å². The molecule has 2 aliphatic rings. The van der Waals surface area contributed by atoms with E-state index in [0.29, 0.717) is 17.8 Å². The van der Waals surface area contributed by atoms with Gasteiger partial charge in [0.05, 0.1) is 19.1 Å².